The van der Waals surface area contributed by atoms with Crippen molar-refractivity contribution in [2.45, 2.75) is 20.3 Å². The summed E-state index contributed by atoms with van der Waals surface area (Å²) in [5.41, 5.74) is 2.97. The van der Waals surface area contributed by atoms with E-state index in [2.05, 4.69) is 11.9 Å². The van der Waals surface area contributed by atoms with E-state index in [4.69, 9.17) is 4.74 Å². The van der Waals surface area contributed by atoms with Crippen LogP contribution in [0.2, 0.25) is 0 Å². The zero-order valence-electron chi connectivity index (χ0n) is 15.2. The highest BCUT2D eigenvalue weighted by Crippen LogP contribution is 2.33. The van der Waals surface area contributed by atoms with Gasteiger partial charge in [-0.2, -0.15) is 0 Å². The van der Waals surface area contributed by atoms with Crippen molar-refractivity contribution in [3.05, 3.63) is 64.6 Å². The van der Waals surface area contributed by atoms with E-state index in [1.54, 1.807) is 11.9 Å². The number of nitrogens with zero attached hydrogens (tertiary/aromatic N) is 2. The number of aliphatic imine (C=N–C) groups is 1. The fourth-order valence-corrected chi connectivity index (χ4v) is 3.43. The van der Waals surface area contributed by atoms with Gasteiger partial charge in [0.25, 0.3) is 5.91 Å². The third-order valence-electron chi connectivity index (χ3n) is 3.89. The van der Waals surface area contributed by atoms with Crippen LogP contribution in [0.1, 0.15) is 24.5 Å². The van der Waals surface area contributed by atoms with Crippen molar-refractivity contribution in [2.75, 3.05) is 13.7 Å². The lowest BCUT2D eigenvalue weighted by atomic mass is 10.2. The first-order valence-electron chi connectivity index (χ1n) is 8.62. The normalized spacial score (nSPS) is 17.3. The average Bonchev–Trinajstić information content (AvgIpc) is 2.90. The number of benzene rings is 2. The largest absolute Gasteiger partial charge is 0.494 e. The van der Waals surface area contributed by atoms with Gasteiger partial charge in [-0.25, -0.2) is 4.99 Å². The molecule has 3 rings (SSSR count). The SMILES string of the molecule is CCCOc1cccc(/C=C2/SC(=Nc3ccc(C)cc3)N(C)C2=O)c1. The molecule has 0 unspecified atom stereocenters. The van der Waals surface area contributed by atoms with Gasteiger partial charge in [-0.3, -0.25) is 9.69 Å². The second-order valence-electron chi connectivity index (χ2n) is 6.13. The summed E-state index contributed by atoms with van der Waals surface area (Å²) in [6.45, 7) is 4.80. The number of aryl methyl sites for hydroxylation is 1. The van der Waals surface area contributed by atoms with Gasteiger partial charge in [0, 0.05) is 7.05 Å². The van der Waals surface area contributed by atoms with Crippen LogP contribution in [-0.4, -0.2) is 29.6 Å². The zero-order chi connectivity index (χ0) is 18.5. The van der Waals surface area contributed by atoms with Gasteiger partial charge < -0.3 is 4.74 Å². The molecule has 4 nitrogen and oxygen atoms in total. The maximum atomic E-state index is 12.5. The molecule has 26 heavy (non-hydrogen) atoms. The van der Waals surface area contributed by atoms with Crippen LogP contribution in [0.25, 0.3) is 6.08 Å². The van der Waals surface area contributed by atoms with E-state index in [0.717, 1.165) is 23.4 Å². The van der Waals surface area contributed by atoms with Crippen molar-refractivity contribution < 1.29 is 9.53 Å². The van der Waals surface area contributed by atoms with Crippen molar-refractivity contribution >= 4 is 34.6 Å². The molecule has 0 aliphatic carbocycles. The fraction of sp³-hybridized carbons (Fsp3) is 0.238. The Labute approximate surface area is 158 Å². The molecular weight excluding hydrogens is 344 g/mol. The molecule has 1 heterocycles. The Kier molecular flexibility index (Phi) is 5.78. The van der Waals surface area contributed by atoms with Crippen LogP contribution in [-0.2, 0) is 4.79 Å². The summed E-state index contributed by atoms with van der Waals surface area (Å²) in [5.74, 6) is 0.777. The number of thioether (sulfide) groups is 1. The molecule has 5 heteroatoms. The Morgan fingerprint density at radius 1 is 1.19 bits per heavy atom. The van der Waals surface area contributed by atoms with Gasteiger partial charge in [-0.05, 0) is 61.0 Å². The highest BCUT2D eigenvalue weighted by molar-refractivity contribution is 8.18. The summed E-state index contributed by atoms with van der Waals surface area (Å²) < 4.78 is 5.66. The van der Waals surface area contributed by atoms with Crippen molar-refractivity contribution in [3.8, 4) is 5.75 Å². The van der Waals surface area contributed by atoms with Gasteiger partial charge in [0.1, 0.15) is 5.75 Å². The molecule has 0 radical (unpaired) electrons. The molecular formula is C21H22N2O2S. The molecule has 0 atom stereocenters. The number of rotatable bonds is 5. The Bertz CT molecular complexity index is 857. The summed E-state index contributed by atoms with van der Waals surface area (Å²) in [5, 5.41) is 0.684. The minimum atomic E-state index is -0.0410. The number of ether oxygens (including phenoxy) is 1. The van der Waals surface area contributed by atoms with Crippen molar-refractivity contribution in [1.29, 1.82) is 0 Å². The average molecular weight is 366 g/mol. The highest BCUT2D eigenvalue weighted by atomic mass is 32.2. The molecule has 2 aromatic rings. The van der Waals surface area contributed by atoms with Gasteiger partial charge in [-0.1, -0.05) is 36.8 Å². The van der Waals surface area contributed by atoms with Crippen LogP contribution >= 0.6 is 11.8 Å². The summed E-state index contributed by atoms with van der Waals surface area (Å²) >= 11 is 1.39. The monoisotopic (exact) mass is 366 g/mol. The summed E-state index contributed by atoms with van der Waals surface area (Å²) in [7, 11) is 1.75. The summed E-state index contributed by atoms with van der Waals surface area (Å²) in [6.07, 6.45) is 2.85. The predicted molar refractivity (Wildman–Crippen MR) is 109 cm³/mol. The first-order chi connectivity index (χ1) is 12.6. The highest BCUT2D eigenvalue weighted by Gasteiger charge is 2.30. The molecule has 1 aliphatic heterocycles. The minimum Gasteiger partial charge on any atom is -0.494 e. The Morgan fingerprint density at radius 2 is 1.96 bits per heavy atom. The molecule has 1 aliphatic rings. The number of amides is 1. The van der Waals surface area contributed by atoms with Crippen LogP contribution in [0.3, 0.4) is 0 Å². The number of carbonyl (C=O) groups is 1. The molecule has 2 aromatic carbocycles. The van der Waals surface area contributed by atoms with E-state index in [-0.39, 0.29) is 5.91 Å². The quantitative estimate of drug-likeness (QED) is 0.698. The lowest BCUT2D eigenvalue weighted by Gasteiger charge is -2.07. The van der Waals surface area contributed by atoms with Crippen molar-refractivity contribution in [2.24, 2.45) is 4.99 Å². The van der Waals surface area contributed by atoms with E-state index >= 15 is 0 Å². The lowest BCUT2D eigenvalue weighted by Crippen LogP contribution is -2.23. The van der Waals surface area contributed by atoms with E-state index in [0.29, 0.717) is 16.7 Å². The predicted octanol–water partition coefficient (Wildman–Crippen LogP) is 5.02. The number of likely N-dealkylation sites (N-methyl/N-ethyl adjacent to an activating group) is 1. The number of hydrogen-bond donors (Lipinski definition) is 0. The zero-order valence-corrected chi connectivity index (χ0v) is 16.0. The minimum absolute atomic E-state index is 0.0410. The number of amidine groups is 1. The van der Waals surface area contributed by atoms with Crippen molar-refractivity contribution in [3.63, 3.8) is 0 Å². The van der Waals surface area contributed by atoms with Crippen LogP contribution in [0.4, 0.5) is 5.69 Å². The van der Waals surface area contributed by atoms with Crippen molar-refractivity contribution in [1.82, 2.24) is 4.90 Å². The van der Waals surface area contributed by atoms with Gasteiger partial charge in [-0.15, -0.1) is 0 Å². The Morgan fingerprint density at radius 3 is 2.69 bits per heavy atom. The molecule has 1 fully saturated rings. The number of hydrogen-bond acceptors (Lipinski definition) is 4. The smallest absolute Gasteiger partial charge is 0.266 e. The molecule has 0 N–H and O–H groups in total. The van der Waals surface area contributed by atoms with E-state index in [1.807, 2.05) is 61.5 Å². The van der Waals surface area contributed by atoms with Crippen LogP contribution in [0.15, 0.2) is 58.4 Å². The van der Waals surface area contributed by atoms with Crippen LogP contribution in [0, 0.1) is 6.92 Å². The second kappa shape index (κ2) is 8.23. The topological polar surface area (TPSA) is 41.9 Å². The third kappa shape index (κ3) is 4.35. The standard InChI is InChI=1S/C21H22N2O2S/c1-4-12-25-18-7-5-6-16(13-18)14-19-20(24)23(3)21(26-19)22-17-10-8-15(2)9-11-17/h5-11,13-14H,4,12H2,1-3H3/b19-14+,22-21?. The van der Waals surface area contributed by atoms with Crippen LogP contribution in [0.5, 0.6) is 5.75 Å². The lowest BCUT2D eigenvalue weighted by molar-refractivity contribution is -0.121. The molecule has 0 saturated carbocycles. The first-order valence-corrected chi connectivity index (χ1v) is 9.44. The van der Waals surface area contributed by atoms with Gasteiger partial charge in [0.15, 0.2) is 5.17 Å². The molecule has 134 valence electrons. The number of carbonyl (C=O) groups excluding carboxylic acids is 1. The summed E-state index contributed by atoms with van der Waals surface area (Å²) in [6, 6.07) is 15.7. The van der Waals surface area contributed by atoms with E-state index < -0.39 is 0 Å². The first kappa shape index (κ1) is 18.3. The maximum Gasteiger partial charge on any atom is 0.266 e. The Balaban J connectivity index is 1.82. The van der Waals surface area contributed by atoms with Gasteiger partial charge in [0.2, 0.25) is 0 Å². The second-order valence-corrected chi connectivity index (χ2v) is 7.13. The molecule has 1 amide bonds. The van der Waals surface area contributed by atoms with Gasteiger partial charge >= 0.3 is 0 Å². The van der Waals surface area contributed by atoms with Crippen LogP contribution < -0.4 is 4.74 Å². The molecule has 0 aromatic heterocycles. The summed E-state index contributed by atoms with van der Waals surface area (Å²) in [4.78, 5) is 19.4. The molecule has 0 bridgehead atoms. The molecule has 1 saturated heterocycles. The third-order valence-corrected chi connectivity index (χ3v) is 4.95. The molecule has 0 spiro atoms. The van der Waals surface area contributed by atoms with E-state index in [1.165, 1.54) is 17.3 Å². The maximum absolute atomic E-state index is 12.5. The van der Waals surface area contributed by atoms with Gasteiger partial charge in [0.05, 0.1) is 17.2 Å². The Hall–Kier alpha value is -2.53. The fourth-order valence-electron chi connectivity index (χ4n) is 2.45. The van der Waals surface area contributed by atoms with E-state index in [9.17, 15) is 4.79 Å².